The van der Waals surface area contributed by atoms with E-state index in [0.717, 1.165) is 29.2 Å². The van der Waals surface area contributed by atoms with Gasteiger partial charge in [-0.3, -0.25) is 0 Å². The molecule has 1 aromatic carbocycles. The van der Waals surface area contributed by atoms with Crippen molar-refractivity contribution in [3.05, 3.63) is 41.3 Å². The number of nitrogens with zero attached hydrogens (tertiary/aromatic N) is 1. The van der Waals surface area contributed by atoms with Gasteiger partial charge in [0.2, 0.25) is 0 Å². The average molecular weight is 215 g/mol. The third-order valence-corrected chi connectivity index (χ3v) is 2.58. The lowest BCUT2D eigenvalue weighted by atomic mass is 10.1. The molecule has 3 nitrogen and oxygen atoms in total. The molecule has 16 heavy (non-hydrogen) atoms. The van der Waals surface area contributed by atoms with Crippen molar-refractivity contribution in [3.63, 3.8) is 0 Å². The van der Waals surface area contributed by atoms with E-state index in [1.807, 2.05) is 6.92 Å². The van der Waals surface area contributed by atoms with Crippen LogP contribution in [0, 0.1) is 13.8 Å². The third kappa shape index (κ3) is 2.14. The predicted octanol–water partition coefficient (Wildman–Crippen LogP) is 2.19. The molecule has 0 fully saturated rings. The molecule has 1 heterocycles. The van der Waals surface area contributed by atoms with Crippen LogP contribution in [0.3, 0.4) is 0 Å². The second-order valence-corrected chi connectivity index (χ2v) is 4.06. The first-order valence-corrected chi connectivity index (χ1v) is 5.53. The number of hydrogen-bond donors (Lipinski definition) is 2. The molecule has 3 N–H and O–H groups in total. The Labute approximate surface area is 95.7 Å². The molecule has 0 atom stereocenters. The second-order valence-electron chi connectivity index (χ2n) is 4.06. The zero-order valence-corrected chi connectivity index (χ0v) is 9.75. The minimum Gasteiger partial charge on any atom is -0.346 e. The van der Waals surface area contributed by atoms with E-state index in [9.17, 15) is 0 Å². The van der Waals surface area contributed by atoms with Crippen LogP contribution in [0.4, 0.5) is 0 Å². The maximum absolute atomic E-state index is 5.60. The molecule has 1 aromatic heterocycles. The van der Waals surface area contributed by atoms with Crippen molar-refractivity contribution in [2.24, 2.45) is 5.73 Å². The van der Waals surface area contributed by atoms with Crippen LogP contribution in [0.25, 0.3) is 11.3 Å². The smallest absolute Gasteiger partial charge is 0.103 e. The van der Waals surface area contributed by atoms with Crippen molar-refractivity contribution in [2.45, 2.75) is 20.3 Å². The van der Waals surface area contributed by atoms with Gasteiger partial charge >= 0.3 is 0 Å². The SMILES string of the molecule is Cc1cccc(-c2nc(C)[nH]c2CCN)c1. The largest absolute Gasteiger partial charge is 0.346 e. The Morgan fingerprint density at radius 1 is 1.31 bits per heavy atom. The molecule has 2 aromatic rings. The molecule has 0 aliphatic carbocycles. The van der Waals surface area contributed by atoms with Gasteiger partial charge in [0, 0.05) is 17.7 Å². The monoisotopic (exact) mass is 215 g/mol. The first kappa shape index (κ1) is 10.9. The van der Waals surface area contributed by atoms with Gasteiger partial charge in [-0.1, -0.05) is 23.8 Å². The molecule has 0 aliphatic heterocycles. The summed E-state index contributed by atoms with van der Waals surface area (Å²) in [6, 6.07) is 8.38. The molecular weight excluding hydrogens is 198 g/mol. The lowest BCUT2D eigenvalue weighted by Crippen LogP contribution is -2.04. The van der Waals surface area contributed by atoms with Gasteiger partial charge in [-0.2, -0.15) is 0 Å². The Morgan fingerprint density at radius 2 is 2.12 bits per heavy atom. The number of rotatable bonds is 3. The van der Waals surface area contributed by atoms with Crippen LogP contribution in [0.15, 0.2) is 24.3 Å². The number of nitrogens with one attached hydrogen (secondary N) is 1. The first-order chi connectivity index (χ1) is 7.70. The van der Waals surface area contributed by atoms with Gasteiger partial charge < -0.3 is 10.7 Å². The van der Waals surface area contributed by atoms with Gasteiger partial charge in [0.1, 0.15) is 5.82 Å². The topological polar surface area (TPSA) is 54.7 Å². The molecule has 0 unspecified atom stereocenters. The fourth-order valence-corrected chi connectivity index (χ4v) is 1.90. The van der Waals surface area contributed by atoms with Crippen LogP contribution < -0.4 is 5.73 Å². The fourth-order valence-electron chi connectivity index (χ4n) is 1.90. The molecular formula is C13H17N3. The van der Waals surface area contributed by atoms with Crippen molar-refractivity contribution >= 4 is 0 Å². The molecule has 0 radical (unpaired) electrons. The molecule has 0 spiro atoms. The lowest BCUT2D eigenvalue weighted by molar-refractivity contribution is 0.930. The number of nitrogens with two attached hydrogens (primary N) is 1. The van der Waals surface area contributed by atoms with Gasteiger partial charge in [0.05, 0.1) is 5.69 Å². The maximum Gasteiger partial charge on any atom is 0.103 e. The van der Waals surface area contributed by atoms with Crippen molar-refractivity contribution < 1.29 is 0 Å². The van der Waals surface area contributed by atoms with Crippen LogP contribution in [0.5, 0.6) is 0 Å². The van der Waals surface area contributed by atoms with Crippen molar-refractivity contribution in [1.29, 1.82) is 0 Å². The maximum atomic E-state index is 5.60. The van der Waals surface area contributed by atoms with E-state index in [4.69, 9.17) is 5.73 Å². The van der Waals surface area contributed by atoms with Gasteiger partial charge in [-0.25, -0.2) is 4.98 Å². The first-order valence-electron chi connectivity index (χ1n) is 5.53. The van der Waals surface area contributed by atoms with Crippen molar-refractivity contribution in [3.8, 4) is 11.3 Å². The number of aromatic nitrogens is 2. The Kier molecular flexibility index (Phi) is 3.06. The van der Waals surface area contributed by atoms with Gasteiger partial charge in [-0.15, -0.1) is 0 Å². The number of hydrogen-bond acceptors (Lipinski definition) is 2. The van der Waals surface area contributed by atoms with Crippen molar-refractivity contribution in [2.75, 3.05) is 6.54 Å². The molecule has 3 heteroatoms. The summed E-state index contributed by atoms with van der Waals surface area (Å²) >= 11 is 0. The number of aryl methyl sites for hydroxylation is 2. The Bertz CT molecular complexity index is 486. The van der Waals surface area contributed by atoms with E-state index in [2.05, 4.69) is 41.2 Å². The molecule has 0 amide bonds. The van der Waals surface area contributed by atoms with Crippen LogP contribution >= 0.6 is 0 Å². The summed E-state index contributed by atoms with van der Waals surface area (Å²) in [5.41, 5.74) is 10.2. The van der Waals surface area contributed by atoms with Gasteiger partial charge in [0.25, 0.3) is 0 Å². The molecule has 0 saturated carbocycles. The molecule has 0 bridgehead atoms. The lowest BCUT2D eigenvalue weighted by Gasteiger charge is -2.02. The van der Waals surface area contributed by atoms with E-state index in [-0.39, 0.29) is 0 Å². The minimum absolute atomic E-state index is 0.639. The van der Waals surface area contributed by atoms with Gasteiger partial charge in [0.15, 0.2) is 0 Å². The van der Waals surface area contributed by atoms with E-state index in [1.165, 1.54) is 5.56 Å². The van der Waals surface area contributed by atoms with Crippen LogP contribution in [-0.2, 0) is 6.42 Å². The van der Waals surface area contributed by atoms with E-state index in [0.29, 0.717) is 6.54 Å². The average Bonchev–Trinajstić information content (AvgIpc) is 2.60. The quantitative estimate of drug-likeness (QED) is 0.824. The summed E-state index contributed by atoms with van der Waals surface area (Å²) in [5, 5.41) is 0. The number of benzene rings is 1. The summed E-state index contributed by atoms with van der Waals surface area (Å²) in [7, 11) is 0. The van der Waals surface area contributed by atoms with E-state index >= 15 is 0 Å². The summed E-state index contributed by atoms with van der Waals surface area (Å²) in [5.74, 6) is 0.944. The van der Waals surface area contributed by atoms with E-state index in [1.54, 1.807) is 0 Å². The number of H-pyrrole nitrogens is 1. The Balaban J connectivity index is 2.46. The standard InChI is InChI=1S/C13H17N3/c1-9-4-3-5-11(8-9)13-12(6-7-14)15-10(2)16-13/h3-5,8H,6-7,14H2,1-2H3,(H,15,16). The van der Waals surface area contributed by atoms with Crippen LogP contribution in [0.2, 0.25) is 0 Å². The van der Waals surface area contributed by atoms with Crippen molar-refractivity contribution in [1.82, 2.24) is 9.97 Å². The van der Waals surface area contributed by atoms with Crippen LogP contribution in [-0.4, -0.2) is 16.5 Å². The highest BCUT2D eigenvalue weighted by molar-refractivity contribution is 5.63. The zero-order chi connectivity index (χ0) is 11.5. The Hall–Kier alpha value is -1.61. The second kappa shape index (κ2) is 4.49. The summed E-state index contributed by atoms with van der Waals surface area (Å²) in [6.45, 7) is 4.70. The summed E-state index contributed by atoms with van der Waals surface area (Å²) in [6.07, 6.45) is 0.837. The normalized spacial score (nSPS) is 10.7. The highest BCUT2D eigenvalue weighted by Crippen LogP contribution is 2.22. The fraction of sp³-hybridized carbons (Fsp3) is 0.308. The number of aromatic amines is 1. The number of imidazole rings is 1. The van der Waals surface area contributed by atoms with Gasteiger partial charge in [-0.05, 0) is 26.5 Å². The zero-order valence-electron chi connectivity index (χ0n) is 9.75. The van der Waals surface area contributed by atoms with E-state index < -0.39 is 0 Å². The minimum atomic E-state index is 0.639. The highest BCUT2D eigenvalue weighted by atomic mass is 14.9. The summed E-state index contributed by atoms with van der Waals surface area (Å²) in [4.78, 5) is 7.80. The summed E-state index contributed by atoms with van der Waals surface area (Å²) < 4.78 is 0. The Morgan fingerprint density at radius 3 is 2.81 bits per heavy atom. The molecule has 0 aliphatic rings. The van der Waals surface area contributed by atoms with Crippen LogP contribution in [0.1, 0.15) is 17.1 Å². The molecule has 0 saturated heterocycles. The highest BCUT2D eigenvalue weighted by Gasteiger charge is 2.09. The molecule has 2 rings (SSSR count). The molecule has 84 valence electrons. The third-order valence-electron chi connectivity index (χ3n) is 2.58. The predicted molar refractivity (Wildman–Crippen MR) is 66.3 cm³/mol.